The molecule has 0 nitrogen and oxygen atoms in total. The molecular weight excluding hydrogens is 232 g/mol. The van der Waals surface area contributed by atoms with Crippen LogP contribution in [0.5, 0.6) is 0 Å². The highest BCUT2D eigenvalue weighted by molar-refractivity contribution is 8.09. The molecule has 4 rings (SSSR count). The van der Waals surface area contributed by atoms with Crippen LogP contribution in [0, 0.1) is 11.8 Å². The summed E-state index contributed by atoms with van der Waals surface area (Å²) in [4.78, 5) is 0. The molecule has 4 aliphatic rings. The van der Waals surface area contributed by atoms with E-state index in [9.17, 15) is 0 Å². The van der Waals surface area contributed by atoms with Crippen molar-refractivity contribution in [3.05, 3.63) is 0 Å². The molecule has 0 aromatic heterocycles. The first-order valence-corrected chi connectivity index (χ1v) is 8.74. The minimum absolute atomic E-state index is 0.719. The molecule has 0 aromatic rings. The van der Waals surface area contributed by atoms with Crippen molar-refractivity contribution in [3.63, 3.8) is 0 Å². The summed E-state index contributed by atoms with van der Waals surface area (Å²) in [6.45, 7) is 5.05. The Kier molecular flexibility index (Phi) is 2.10. The minimum atomic E-state index is 0.719. The van der Waals surface area contributed by atoms with Crippen molar-refractivity contribution < 1.29 is 0 Å². The average molecular weight is 254 g/mol. The summed E-state index contributed by atoms with van der Waals surface area (Å²) in [6.07, 6.45) is 9.11. The molecule has 0 radical (unpaired) electrons. The van der Waals surface area contributed by atoms with Crippen LogP contribution in [0.4, 0.5) is 0 Å². The van der Waals surface area contributed by atoms with Crippen LogP contribution >= 0.6 is 23.5 Å². The Labute approximate surface area is 108 Å². The van der Waals surface area contributed by atoms with Crippen molar-refractivity contribution in [2.24, 2.45) is 11.8 Å². The Morgan fingerprint density at radius 1 is 0.812 bits per heavy atom. The maximum Gasteiger partial charge on any atom is 0.0256 e. The second-order valence-electron chi connectivity index (χ2n) is 6.81. The van der Waals surface area contributed by atoms with Crippen LogP contribution in [0.3, 0.4) is 0 Å². The van der Waals surface area contributed by atoms with Gasteiger partial charge in [0, 0.05) is 20.0 Å². The molecule has 2 aliphatic heterocycles. The molecule has 6 unspecified atom stereocenters. The van der Waals surface area contributed by atoms with Crippen LogP contribution in [-0.2, 0) is 0 Å². The molecule has 2 saturated carbocycles. The van der Waals surface area contributed by atoms with Crippen LogP contribution < -0.4 is 0 Å². The summed E-state index contributed by atoms with van der Waals surface area (Å²) in [5, 5.41) is 2.10. The summed E-state index contributed by atoms with van der Waals surface area (Å²) in [5.41, 5.74) is 0. The second kappa shape index (κ2) is 3.17. The molecule has 0 aromatic carbocycles. The van der Waals surface area contributed by atoms with E-state index in [1.807, 2.05) is 0 Å². The Morgan fingerprint density at radius 3 is 1.69 bits per heavy atom. The molecule has 0 amide bonds. The van der Waals surface area contributed by atoms with E-state index in [-0.39, 0.29) is 0 Å². The van der Waals surface area contributed by atoms with E-state index in [2.05, 4.69) is 37.4 Å². The molecule has 2 aliphatic carbocycles. The quantitative estimate of drug-likeness (QED) is 0.639. The van der Waals surface area contributed by atoms with Gasteiger partial charge in [-0.2, -0.15) is 0 Å². The molecule has 16 heavy (non-hydrogen) atoms. The van der Waals surface area contributed by atoms with E-state index >= 15 is 0 Å². The summed E-state index contributed by atoms with van der Waals surface area (Å²) in [7, 11) is 0. The SMILES string of the molecule is CC12CCCC(C3CCCC4(C)SC34)C1S2. The third-order valence-corrected chi connectivity index (χ3v) is 9.36. The normalized spacial score (nSPS) is 63.4. The van der Waals surface area contributed by atoms with Gasteiger partial charge in [0.15, 0.2) is 0 Å². The zero-order valence-electron chi connectivity index (χ0n) is 10.4. The summed E-state index contributed by atoms with van der Waals surface area (Å²) in [6, 6.07) is 0. The van der Waals surface area contributed by atoms with Gasteiger partial charge in [-0.15, -0.1) is 23.5 Å². The molecular formula is C14H22S2. The van der Waals surface area contributed by atoms with Gasteiger partial charge in [-0.25, -0.2) is 0 Å². The standard InChI is InChI=1S/C14H22S2/c1-13-7-3-5-9(11(13)15-13)10-6-4-8-14(2)12(10)16-14/h9-12H,3-8H2,1-2H3. The number of hydrogen-bond donors (Lipinski definition) is 0. The van der Waals surface area contributed by atoms with Crippen molar-refractivity contribution in [1.82, 2.24) is 0 Å². The van der Waals surface area contributed by atoms with Crippen LogP contribution in [0.2, 0.25) is 0 Å². The van der Waals surface area contributed by atoms with Gasteiger partial charge in [-0.05, 0) is 51.4 Å². The lowest BCUT2D eigenvalue weighted by molar-refractivity contribution is 0.213. The average Bonchev–Trinajstić information content (AvgIpc) is 3.09. The first-order valence-electron chi connectivity index (χ1n) is 6.98. The Bertz CT molecular complexity index is 297. The zero-order chi connectivity index (χ0) is 11.0. The summed E-state index contributed by atoms with van der Waals surface area (Å²) < 4.78 is 1.44. The lowest BCUT2D eigenvalue weighted by Crippen LogP contribution is -2.36. The van der Waals surface area contributed by atoms with Crippen molar-refractivity contribution in [3.8, 4) is 0 Å². The maximum atomic E-state index is 2.52. The fraction of sp³-hybridized carbons (Fsp3) is 1.00. The number of thioether (sulfide) groups is 2. The Balaban J connectivity index is 1.54. The summed E-state index contributed by atoms with van der Waals surface area (Å²) in [5.74, 6) is 2.17. The third-order valence-electron chi connectivity index (χ3n) is 5.63. The highest BCUT2D eigenvalue weighted by Crippen LogP contribution is 2.71. The van der Waals surface area contributed by atoms with Gasteiger partial charge in [0.1, 0.15) is 0 Å². The van der Waals surface area contributed by atoms with Gasteiger partial charge in [0.2, 0.25) is 0 Å². The fourth-order valence-corrected chi connectivity index (χ4v) is 7.71. The molecule has 0 N–H and O–H groups in total. The zero-order valence-corrected chi connectivity index (χ0v) is 12.0. The molecule has 0 spiro atoms. The number of rotatable bonds is 1. The molecule has 6 atom stereocenters. The Hall–Kier alpha value is 0.700. The lowest BCUT2D eigenvalue weighted by Gasteiger charge is -2.34. The van der Waals surface area contributed by atoms with Crippen molar-refractivity contribution in [2.75, 3.05) is 0 Å². The third kappa shape index (κ3) is 1.38. The van der Waals surface area contributed by atoms with Crippen LogP contribution in [0.15, 0.2) is 0 Å². The lowest BCUT2D eigenvalue weighted by atomic mass is 9.69. The number of hydrogen-bond acceptors (Lipinski definition) is 2. The van der Waals surface area contributed by atoms with E-state index in [0.717, 1.165) is 31.8 Å². The predicted octanol–water partition coefficient (Wildman–Crippen LogP) is 4.33. The Morgan fingerprint density at radius 2 is 1.25 bits per heavy atom. The van der Waals surface area contributed by atoms with E-state index in [1.165, 1.54) is 25.7 Å². The van der Waals surface area contributed by atoms with Crippen LogP contribution in [0.1, 0.15) is 52.4 Å². The highest BCUT2D eigenvalue weighted by Gasteiger charge is 2.64. The van der Waals surface area contributed by atoms with E-state index in [1.54, 1.807) is 12.8 Å². The highest BCUT2D eigenvalue weighted by atomic mass is 32.2. The smallest absolute Gasteiger partial charge is 0.0256 e. The molecule has 2 saturated heterocycles. The predicted molar refractivity (Wildman–Crippen MR) is 74.3 cm³/mol. The van der Waals surface area contributed by atoms with Crippen molar-refractivity contribution in [2.45, 2.75) is 72.4 Å². The van der Waals surface area contributed by atoms with E-state index < -0.39 is 0 Å². The van der Waals surface area contributed by atoms with E-state index in [4.69, 9.17) is 0 Å². The summed E-state index contributed by atoms with van der Waals surface area (Å²) >= 11 is 4.63. The molecule has 90 valence electrons. The fourth-order valence-electron chi connectivity index (χ4n) is 4.55. The van der Waals surface area contributed by atoms with Crippen molar-refractivity contribution in [1.29, 1.82) is 0 Å². The van der Waals surface area contributed by atoms with Crippen LogP contribution in [0.25, 0.3) is 0 Å². The number of fused-ring (bicyclic) bond motifs is 2. The second-order valence-corrected chi connectivity index (χ2v) is 10.2. The van der Waals surface area contributed by atoms with Gasteiger partial charge in [-0.3, -0.25) is 0 Å². The first-order chi connectivity index (χ1) is 7.62. The first kappa shape index (κ1) is 10.6. The van der Waals surface area contributed by atoms with Gasteiger partial charge >= 0.3 is 0 Å². The van der Waals surface area contributed by atoms with E-state index in [0.29, 0.717) is 0 Å². The molecule has 0 bridgehead atoms. The van der Waals surface area contributed by atoms with Gasteiger partial charge in [-0.1, -0.05) is 12.8 Å². The van der Waals surface area contributed by atoms with Crippen molar-refractivity contribution >= 4 is 23.5 Å². The molecule has 2 heterocycles. The van der Waals surface area contributed by atoms with Gasteiger partial charge < -0.3 is 0 Å². The molecule has 2 heteroatoms. The maximum absolute atomic E-state index is 2.52. The van der Waals surface area contributed by atoms with Crippen LogP contribution in [-0.4, -0.2) is 20.0 Å². The largest absolute Gasteiger partial charge is 0.149 e. The molecule has 4 fully saturated rings. The monoisotopic (exact) mass is 254 g/mol. The minimum Gasteiger partial charge on any atom is -0.149 e. The van der Waals surface area contributed by atoms with Gasteiger partial charge in [0.25, 0.3) is 0 Å². The van der Waals surface area contributed by atoms with Gasteiger partial charge in [0.05, 0.1) is 0 Å². The topological polar surface area (TPSA) is 0 Å².